The van der Waals surface area contributed by atoms with Gasteiger partial charge in [0.05, 0.1) is 5.56 Å². The minimum atomic E-state index is -1.17. The van der Waals surface area contributed by atoms with Gasteiger partial charge in [-0.25, -0.2) is 9.18 Å². The van der Waals surface area contributed by atoms with E-state index in [1.54, 1.807) is 0 Å². The highest BCUT2D eigenvalue weighted by Crippen LogP contribution is 2.22. The van der Waals surface area contributed by atoms with Crippen molar-refractivity contribution in [3.05, 3.63) is 29.6 Å². The summed E-state index contributed by atoms with van der Waals surface area (Å²) >= 11 is 0. The maximum absolute atomic E-state index is 14.1. The summed E-state index contributed by atoms with van der Waals surface area (Å²) in [6.07, 6.45) is 0. The molecule has 1 saturated heterocycles. The third-order valence-corrected chi connectivity index (χ3v) is 3.55. The number of hydrogen-bond acceptors (Lipinski definition) is 3. The maximum Gasteiger partial charge on any atom is 0.323 e. The monoisotopic (exact) mass is 337 g/mol. The van der Waals surface area contributed by atoms with E-state index in [1.165, 1.54) is 17.0 Å². The number of amides is 3. The van der Waals surface area contributed by atoms with Crippen LogP contribution < -0.4 is 10.2 Å². The van der Waals surface area contributed by atoms with Crippen LogP contribution in [0.2, 0.25) is 0 Å². The predicted octanol–water partition coefficient (Wildman–Crippen LogP) is 1.54. The molecule has 0 radical (unpaired) electrons. The van der Waals surface area contributed by atoms with Crippen molar-refractivity contribution in [2.24, 2.45) is 5.92 Å². The second kappa shape index (κ2) is 7.29. The number of nitrogens with one attached hydrogen (secondary N) is 1. The van der Waals surface area contributed by atoms with E-state index in [2.05, 4.69) is 5.32 Å². The highest BCUT2D eigenvalue weighted by Gasteiger charge is 2.26. The number of nitrogens with zero attached hydrogens (tertiary/aromatic N) is 2. The SMILES string of the molecule is CC(C)CN(CC(=O)O)C(=O)c1cc(N2CCNC2=O)ccc1F. The number of benzene rings is 1. The van der Waals surface area contributed by atoms with E-state index >= 15 is 0 Å². The molecule has 130 valence electrons. The Labute approximate surface area is 139 Å². The molecule has 24 heavy (non-hydrogen) atoms. The van der Waals surface area contributed by atoms with Crippen LogP contribution in [0, 0.1) is 11.7 Å². The summed E-state index contributed by atoms with van der Waals surface area (Å²) in [5, 5.41) is 11.6. The Morgan fingerprint density at radius 3 is 2.67 bits per heavy atom. The second-order valence-electron chi connectivity index (χ2n) is 6.02. The van der Waals surface area contributed by atoms with Gasteiger partial charge in [0.15, 0.2) is 0 Å². The Morgan fingerprint density at radius 2 is 2.12 bits per heavy atom. The first-order valence-electron chi connectivity index (χ1n) is 7.65. The van der Waals surface area contributed by atoms with Gasteiger partial charge in [-0.1, -0.05) is 13.8 Å². The van der Waals surface area contributed by atoms with Crippen molar-refractivity contribution in [2.45, 2.75) is 13.8 Å². The lowest BCUT2D eigenvalue weighted by molar-refractivity contribution is -0.137. The molecule has 1 fully saturated rings. The second-order valence-corrected chi connectivity index (χ2v) is 6.02. The Bertz CT molecular complexity index is 663. The van der Waals surface area contributed by atoms with Gasteiger partial charge in [0.25, 0.3) is 5.91 Å². The quantitative estimate of drug-likeness (QED) is 0.824. The molecular formula is C16H20FN3O4. The minimum absolute atomic E-state index is 0.0314. The highest BCUT2D eigenvalue weighted by atomic mass is 19.1. The summed E-state index contributed by atoms with van der Waals surface area (Å²) < 4.78 is 14.1. The standard InChI is InChI=1S/C16H20FN3O4/c1-10(2)8-19(9-14(21)22)15(23)12-7-11(3-4-13(12)17)20-6-5-18-16(20)24/h3-4,7,10H,5-6,8-9H2,1-2H3,(H,18,24)(H,21,22). The molecule has 1 aromatic carbocycles. The maximum atomic E-state index is 14.1. The van der Waals surface area contributed by atoms with E-state index in [0.717, 1.165) is 11.0 Å². The molecule has 0 saturated carbocycles. The van der Waals surface area contributed by atoms with Gasteiger partial charge in [0.1, 0.15) is 12.4 Å². The summed E-state index contributed by atoms with van der Waals surface area (Å²) in [5.41, 5.74) is 0.156. The number of carbonyl (C=O) groups excluding carboxylic acids is 2. The molecule has 1 aromatic rings. The molecular weight excluding hydrogens is 317 g/mol. The van der Waals surface area contributed by atoms with Gasteiger partial charge in [0, 0.05) is 25.3 Å². The van der Waals surface area contributed by atoms with Crippen LogP contribution in [0.15, 0.2) is 18.2 Å². The molecule has 0 spiro atoms. The number of rotatable bonds is 6. The fraction of sp³-hybridized carbons (Fsp3) is 0.438. The highest BCUT2D eigenvalue weighted by molar-refractivity contribution is 5.99. The van der Waals surface area contributed by atoms with Crippen molar-refractivity contribution in [3.63, 3.8) is 0 Å². The third kappa shape index (κ3) is 4.01. The number of carboxylic acid groups (broad SMARTS) is 1. The molecule has 8 heteroatoms. The van der Waals surface area contributed by atoms with Gasteiger partial charge in [-0.05, 0) is 24.1 Å². The molecule has 2 rings (SSSR count). The lowest BCUT2D eigenvalue weighted by Crippen LogP contribution is -2.38. The van der Waals surface area contributed by atoms with Crippen molar-refractivity contribution < 1.29 is 23.9 Å². The number of hydrogen-bond donors (Lipinski definition) is 2. The molecule has 7 nitrogen and oxygen atoms in total. The molecule has 0 unspecified atom stereocenters. The van der Waals surface area contributed by atoms with Crippen LogP contribution in [0.25, 0.3) is 0 Å². The van der Waals surface area contributed by atoms with Crippen LogP contribution in [-0.4, -0.2) is 54.1 Å². The number of aliphatic carboxylic acids is 1. The molecule has 1 aliphatic heterocycles. The van der Waals surface area contributed by atoms with Gasteiger partial charge in [-0.2, -0.15) is 0 Å². The van der Waals surface area contributed by atoms with Crippen molar-refractivity contribution in [2.75, 3.05) is 31.1 Å². The van der Waals surface area contributed by atoms with Crippen molar-refractivity contribution in [1.29, 1.82) is 0 Å². The molecule has 0 bridgehead atoms. The van der Waals surface area contributed by atoms with Gasteiger partial charge in [-0.3, -0.25) is 14.5 Å². The van der Waals surface area contributed by atoms with Gasteiger partial charge in [-0.15, -0.1) is 0 Å². The van der Waals surface area contributed by atoms with E-state index in [-0.39, 0.29) is 24.1 Å². The number of urea groups is 1. The minimum Gasteiger partial charge on any atom is -0.480 e. The molecule has 1 heterocycles. The first kappa shape index (κ1) is 17.7. The summed E-state index contributed by atoms with van der Waals surface area (Å²) in [7, 11) is 0. The van der Waals surface area contributed by atoms with E-state index in [9.17, 15) is 18.8 Å². The molecule has 0 atom stereocenters. The Morgan fingerprint density at radius 1 is 1.42 bits per heavy atom. The average Bonchev–Trinajstić information content (AvgIpc) is 2.91. The van der Waals surface area contributed by atoms with Crippen LogP contribution in [-0.2, 0) is 4.79 Å². The van der Waals surface area contributed by atoms with Crippen LogP contribution >= 0.6 is 0 Å². The Hall–Kier alpha value is -2.64. The zero-order valence-electron chi connectivity index (χ0n) is 13.6. The summed E-state index contributed by atoms with van der Waals surface area (Å²) in [4.78, 5) is 37.8. The Balaban J connectivity index is 2.32. The third-order valence-electron chi connectivity index (χ3n) is 3.55. The van der Waals surface area contributed by atoms with Gasteiger partial charge in [0.2, 0.25) is 0 Å². The van der Waals surface area contributed by atoms with Crippen LogP contribution in [0.1, 0.15) is 24.2 Å². The fourth-order valence-electron chi connectivity index (χ4n) is 2.56. The van der Waals surface area contributed by atoms with Crippen LogP contribution in [0.3, 0.4) is 0 Å². The molecule has 3 amide bonds. The fourth-order valence-corrected chi connectivity index (χ4v) is 2.56. The topological polar surface area (TPSA) is 90.0 Å². The number of anilines is 1. The summed E-state index contributed by atoms with van der Waals surface area (Å²) in [5.74, 6) is -2.59. The first-order chi connectivity index (χ1) is 11.3. The predicted molar refractivity (Wildman–Crippen MR) is 85.5 cm³/mol. The summed E-state index contributed by atoms with van der Waals surface area (Å²) in [6, 6.07) is 3.51. The molecule has 0 aliphatic carbocycles. The normalized spacial score (nSPS) is 14.0. The van der Waals surface area contributed by atoms with Crippen LogP contribution in [0.4, 0.5) is 14.9 Å². The van der Waals surface area contributed by atoms with Gasteiger partial charge < -0.3 is 15.3 Å². The lowest BCUT2D eigenvalue weighted by Gasteiger charge is -2.24. The molecule has 0 aromatic heterocycles. The number of carboxylic acids is 1. The zero-order valence-corrected chi connectivity index (χ0v) is 13.6. The van der Waals surface area contributed by atoms with E-state index in [0.29, 0.717) is 18.8 Å². The lowest BCUT2D eigenvalue weighted by atomic mass is 10.1. The van der Waals surface area contributed by atoms with Crippen molar-refractivity contribution in [1.82, 2.24) is 10.2 Å². The number of halogens is 1. The van der Waals surface area contributed by atoms with E-state index in [4.69, 9.17) is 5.11 Å². The van der Waals surface area contributed by atoms with Crippen molar-refractivity contribution in [3.8, 4) is 0 Å². The number of carbonyl (C=O) groups is 3. The first-order valence-corrected chi connectivity index (χ1v) is 7.65. The molecule has 2 N–H and O–H groups in total. The average molecular weight is 337 g/mol. The smallest absolute Gasteiger partial charge is 0.323 e. The van der Waals surface area contributed by atoms with E-state index < -0.39 is 24.2 Å². The van der Waals surface area contributed by atoms with E-state index in [1.807, 2.05) is 13.8 Å². The van der Waals surface area contributed by atoms with Crippen LogP contribution in [0.5, 0.6) is 0 Å². The zero-order chi connectivity index (χ0) is 17.9. The van der Waals surface area contributed by atoms with Crippen molar-refractivity contribution >= 4 is 23.6 Å². The van der Waals surface area contributed by atoms with Gasteiger partial charge >= 0.3 is 12.0 Å². The summed E-state index contributed by atoms with van der Waals surface area (Å²) in [6.45, 7) is 4.25. The largest absolute Gasteiger partial charge is 0.480 e. The molecule has 1 aliphatic rings. The Kier molecular flexibility index (Phi) is 5.38.